The van der Waals surface area contributed by atoms with Crippen LogP contribution >= 0.6 is 0 Å². The fourth-order valence-corrected chi connectivity index (χ4v) is 1.85. The molecule has 0 amide bonds. The molecule has 1 aromatic carbocycles. The topological polar surface area (TPSA) is 128 Å². The van der Waals surface area contributed by atoms with Gasteiger partial charge in [0.25, 0.3) is 0 Å². The number of nitrogen functional groups attached to an aromatic ring is 1. The van der Waals surface area contributed by atoms with Crippen molar-refractivity contribution in [3.63, 3.8) is 0 Å². The van der Waals surface area contributed by atoms with Crippen LogP contribution in [0.3, 0.4) is 0 Å². The van der Waals surface area contributed by atoms with Crippen molar-refractivity contribution in [2.45, 2.75) is 4.90 Å². The first-order chi connectivity index (χ1) is 8.45. The molecule has 18 heavy (non-hydrogen) atoms. The van der Waals surface area contributed by atoms with Crippen molar-refractivity contribution >= 4 is 21.4 Å². The van der Waals surface area contributed by atoms with Crippen LogP contribution in [0.15, 0.2) is 23.1 Å². The molecule has 0 saturated carbocycles. The SMILES string of the molecule is Nc1cc(S(N)(=O)=O)ccc1NCCOCCO. The summed E-state index contributed by atoms with van der Waals surface area (Å²) in [5, 5.41) is 16.5. The number of anilines is 2. The van der Waals surface area contributed by atoms with E-state index in [4.69, 9.17) is 20.7 Å². The maximum Gasteiger partial charge on any atom is 0.238 e. The van der Waals surface area contributed by atoms with Crippen molar-refractivity contribution in [2.75, 3.05) is 37.4 Å². The minimum atomic E-state index is -3.73. The highest BCUT2D eigenvalue weighted by Crippen LogP contribution is 2.21. The van der Waals surface area contributed by atoms with Crippen molar-refractivity contribution in [1.82, 2.24) is 0 Å². The second kappa shape index (κ2) is 6.55. The van der Waals surface area contributed by atoms with Gasteiger partial charge >= 0.3 is 0 Å². The molecule has 0 saturated heterocycles. The molecule has 1 rings (SSSR count). The molecule has 0 aliphatic carbocycles. The average Bonchev–Trinajstić information content (AvgIpc) is 2.29. The Morgan fingerprint density at radius 3 is 2.61 bits per heavy atom. The smallest absolute Gasteiger partial charge is 0.238 e. The summed E-state index contributed by atoms with van der Waals surface area (Å²) in [6.45, 7) is 1.17. The molecule has 0 bridgehead atoms. The van der Waals surface area contributed by atoms with Crippen molar-refractivity contribution in [3.8, 4) is 0 Å². The number of ether oxygens (including phenoxy) is 1. The first kappa shape index (κ1) is 14.7. The van der Waals surface area contributed by atoms with Gasteiger partial charge in [-0.2, -0.15) is 0 Å². The Morgan fingerprint density at radius 2 is 2.06 bits per heavy atom. The molecule has 6 N–H and O–H groups in total. The first-order valence-corrected chi connectivity index (χ1v) is 6.84. The van der Waals surface area contributed by atoms with Crippen LogP contribution in [-0.2, 0) is 14.8 Å². The lowest BCUT2D eigenvalue weighted by atomic mass is 10.2. The third kappa shape index (κ3) is 4.49. The van der Waals surface area contributed by atoms with E-state index in [0.717, 1.165) is 0 Å². The third-order valence-corrected chi connectivity index (χ3v) is 3.06. The van der Waals surface area contributed by atoms with E-state index in [0.29, 0.717) is 24.5 Å². The number of hydrogen-bond acceptors (Lipinski definition) is 6. The fraction of sp³-hybridized carbons (Fsp3) is 0.400. The van der Waals surface area contributed by atoms with E-state index < -0.39 is 10.0 Å². The van der Waals surface area contributed by atoms with E-state index in [1.165, 1.54) is 12.1 Å². The summed E-state index contributed by atoms with van der Waals surface area (Å²) in [5.74, 6) is 0. The fourth-order valence-electron chi connectivity index (χ4n) is 1.30. The average molecular weight is 275 g/mol. The highest BCUT2D eigenvalue weighted by molar-refractivity contribution is 7.89. The van der Waals surface area contributed by atoms with E-state index in [-0.39, 0.29) is 18.1 Å². The van der Waals surface area contributed by atoms with Crippen LogP contribution in [0.2, 0.25) is 0 Å². The van der Waals surface area contributed by atoms with Crippen molar-refractivity contribution in [3.05, 3.63) is 18.2 Å². The van der Waals surface area contributed by atoms with Crippen molar-refractivity contribution in [1.29, 1.82) is 0 Å². The van der Waals surface area contributed by atoms with Gasteiger partial charge in [0.05, 0.1) is 36.1 Å². The van der Waals surface area contributed by atoms with Gasteiger partial charge in [-0.05, 0) is 18.2 Å². The highest BCUT2D eigenvalue weighted by atomic mass is 32.2. The molecule has 0 radical (unpaired) electrons. The lowest BCUT2D eigenvalue weighted by Crippen LogP contribution is -2.14. The van der Waals surface area contributed by atoms with Gasteiger partial charge in [-0.15, -0.1) is 0 Å². The number of aliphatic hydroxyl groups excluding tert-OH is 1. The van der Waals surface area contributed by atoms with Gasteiger partial charge in [0.15, 0.2) is 0 Å². The van der Waals surface area contributed by atoms with Gasteiger partial charge in [-0.3, -0.25) is 0 Å². The number of rotatable bonds is 7. The molecule has 0 aromatic heterocycles. The normalized spacial score (nSPS) is 11.4. The number of nitrogens with one attached hydrogen (secondary N) is 1. The van der Waals surface area contributed by atoms with E-state index in [2.05, 4.69) is 5.32 Å². The number of benzene rings is 1. The van der Waals surface area contributed by atoms with E-state index in [1.807, 2.05) is 0 Å². The zero-order chi connectivity index (χ0) is 13.6. The Morgan fingerprint density at radius 1 is 1.33 bits per heavy atom. The highest BCUT2D eigenvalue weighted by Gasteiger charge is 2.09. The Balaban J connectivity index is 2.58. The molecular formula is C10H17N3O4S. The maximum atomic E-state index is 11.1. The van der Waals surface area contributed by atoms with Crippen LogP contribution in [0.4, 0.5) is 11.4 Å². The minimum absolute atomic E-state index is 0.0226. The summed E-state index contributed by atoms with van der Waals surface area (Å²) in [6, 6.07) is 4.22. The van der Waals surface area contributed by atoms with Gasteiger partial charge in [-0.1, -0.05) is 0 Å². The van der Waals surface area contributed by atoms with Crippen molar-refractivity contribution < 1.29 is 18.3 Å². The van der Waals surface area contributed by atoms with E-state index >= 15 is 0 Å². The molecule has 1 aromatic rings. The van der Waals surface area contributed by atoms with E-state index in [1.54, 1.807) is 6.07 Å². The molecule has 8 heteroatoms. The van der Waals surface area contributed by atoms with Gasteiger partial charge in [-0.25, -0.2) is 13.6 Å². The van der Waals surface area contributed by atoms with Gasteiger partial charge < -0.3 is 20.9 Å². The monoisotopic (exact) mass is 275 g/mol. The van der Waals surface area contributed by atoms with Gasteiger partial charge in [0.2, 0.25) is 10.0 Å². The largest absolute Gasteiger partial charge is 0.397 e. The van der Waals surface area contributed by atoms with Crippen LogP contribution in [0.5, 0.6) is 0 Å². The van der Waals surface area contributed by atoms with E-state index in [9.17, 15) is 8.42 Å². The molecule has 0 unspecified atom stereocenters. The third-order valence-electron chi connectivity index (χ3n) is 2.15. The number of nitrogens with two attached hydrogens (primary N) is 2. The molecule has 0 spiro atoms. The van der Waals surface area contributed by atoms with Crippen molar-refractivity contribution in [2.24, 2.45) is 5.14 Å². The zero-order valence-corrected chi connectivity index (χ0v) is 10.6. The summed E-state index contributed by atoms with van der Waals surface area (Å²) >= 11 is 0. The zero-order valence-electron chi connectivity index (χ0n) is 9.80. The van der Waals surface area contributed by atoms with Crippen LogP contribution in [0.1, 0.15) is 0 Å². The predicted molar refractivity (Wildman–Crippen MR) is 68.6 cm³/mol. The molecule has 0 atom stereocenters. The molecule has 0 fully saturated rings. The maximum absolute atomic E-state index is 11.1. The molecule has 102 valence electrons. The number of sulfonamides is 1. The Hall–Kier alpha value is -1.35. The molecule has 0 aliphatic rings. The van der Waals surface area contributed by atoms with Gasteiger partial charge in [0.1, 0.15) is 0 Å². The number of primary sulfonamides is 1. The van der Waals surface area contributed by atoms with Crippen LogP contribution < -0.4 is 16.2 Å². The lowest BCUT2D eigenvalue weighted by Gasteiger charge is -2.10. The molecular weight excluding hydrogens is 258 g/mol. The Labute approximate surface area is 106 Å². The quantitative estimate of drug-likeness (QED) is 0.386. The first-order valence-electron chi connectivity index (χ1n) is 5.30. The summed E-state index contributed by atoms with van der Waals surface area (Å²) in [6.07, 6.45) is 0. The number of aliphatic hydroxyl groups is 1. The van der Waals surface area contributed by atoms with Crippen LogP contribution in [0.25, 0.3) is 0 Å². The lowest BCUT2D eigenvalue weighted by molar-refractivity contribution is 0.0992. The summed E-state index contributed by atoms with van der Waals surface area (Å²) in [4.78, 5) is -0.0259. The second-order valence-corrected chi connectivity index (χ2v) is 5.12. The van der Waals surface area contributed by atoms with Crippen LogP contribution in [-0.4, -0.2) is 39.9 Å². The predicted octanol–water partition coefficient (Wildman–Crippen LogP) is -0.663. The molecule has 7 nitrogen and oxygen atoms in total. The van der Waals surface area contributed by atoms with Crippen LogP contribution in [0, 0.1) is 0 Å². The standard InChI is InChI=1S/C10H17N3O4S/c11-9-7-8(18(12,15)16)1-2-10(9)13-3-5-17-6-4-14/h1-2,7,13-14H,3-6,11H2,(H2,12,15,16). The Kier molecular flexibility index (Phi) is 5.35. The van der Waals surface area contributed by atoms with Gasteiger partial charge in [0, 0.05) is 6.54 Å². The number of hydrogen-bond donors (Lipinski definition) is 4. The summed E-state index contributed by atoms with van der Waals surface area (Å²) < 4.78 is 27.2. The summed E-state index contributed by atoms with van der Waals surface area (Å²) in [7, 11) is -3.73. The summed E-state index contributed by atoms with van der Waals surface area (Å²) in [5.41, 5.74) is 6.60. The minimum Gasteiger partial charge on any atom is -0.397 e. The Bertz CT molecular complexity index is 490. The second-order valence-electron chi connectivity index (χ2n) is 3.56. The molecule has 0 aliphatic heterocycles. The molecule has 0 heterocycles.